The normalized spacial score (nSPS) is 10.2. The highest BCUT2D eigenvalue weighted by atomic mass is 35.5. The molecule has 0 aliphatic heterocycles. The van der Waals surface area contributed by atoms with Crippen molar-refractivity contribution in [1.82, 2.24) is 0 Å². The Bertz CT molecular complexity index is 647. The van der Waals surface area contributed by atoms with Crippen molar-refractivity contribution in [3.05, 3.63) is 59.1 Å². The van der Waals surface area contributed by atoms with Crippen LogP contribution in [0, 0.1) is 12.3 Å². The van der Waals surface area contributed by atoms with Gasteiger partial charge >= 0.3 is 0 Å². The van der Waals surface area contributed by atoms with Crippen LogP contribution in [0.3, 0.4) is 0 Å². The van der Waals surface area contributed by atoms with Gasteiger partial charge in [0.2, 0.25) is 0 Å². The van der Waals surface area contributed by atoms with Crippen LogP contribution < -0.4 is 10.2 Å². The van der Waals surface area contributed by atoms with E-state index in [0.29, 0.717) is 10.8 Å². The number of hydrogen-bond donors (Lipinski definition) is 1. The number of terminal acetylenes is 1. The molecule has 0 fully saturated rings. The molecule has 0 radical (unpaired) electrons. The van der Waals surface area contributed by atoms with E-state index in [0.717, 1.165) is 11.3 Å². The first-order valence-electron chi connectivity index (χ1n) is 5.99. The molecule has 2 aromatic rings. The lowest BCUT2D eigenvalue weighted by Gasteiger charge is -2.05. The molecule has 0 aliphatic rings. The van der Waals surface area contributed by atoms with E-state index in [1.54, 1.807) is 18.3 Å². The Morgan fingerprint density at radius 1 is 1.25 bits per heavy atom. The smallest absolute Gasteiger partial charge is 0.148 e. The molecule has 1 N–H and O–H groups in total. The van der Waals surface area contributed by atoms with Gasteiger partial charge < -0.3 is 4.74 Å². The highest BCUT2D eigenvalue weighted by Crippen LogP contribution is 2.17. The first-order chi connectivity index (χ1) is 9.79. The minimum Gasteiger partial charge on any atom is -0.480 e. The van der Waals surface area contributed by atoms with Crippen LogP contribution in [0.1, 0.15) is 5.56 Å². The van der Waals surface area contributed by atoms with Crippen LogP contribution in [0.4, 0.5) is 5.69 Å². The first kappa shape index (κ1) is 14.0. The molecule has 2 rings (SSSR count). The molecule has 100 valence electrons. The minimum absolute atomic E-state index is 0.229. The molecule has 0 unspecified atom stereocenters. The maximum absolute atomic E-state index is 5.89. The molecule has 0 saturated heterocycles. The quantitative estimate of drug-likeness (QED) is 0.515. The lowest BCUT2D eigenvalue weighted by molar-refractivity contribution is 0.370. The summed E-state index contributed by atoms with van der Waals surface area (Å²) in [6, 6.07) is 14.9. The summed E-state index contributed by atoms with van der Waals surface area (Å²) in [5.41, 5.74) is 4.57. The summed E-state index contributed by atoms with van der Waals surface area (Å²) in [5, 5.41) is 4.81. The van der Waals surface area contributed by atoms with Crippen molar-refractivity contribution in [1.29, 1.82) is 0 Å². The number of rotatable bonds is 5. The fraction of sp³-hybridized carbons (Fsp3) is 0.0625. The summed E-state index contributed by atoms with van der Waals surface area (Å²) in [5.74, 6) is 3.13. The number of para-hydroxylation sites is 1. The molecule has 0 atom stereocenters. The van der Waals surface area contributed by atoms with Gasteiger partial charge in [0.15, 0.2) is 0 Å². The van der Waals surface area contributed by atoms with Gasteiger partial charge in [0.05, 0.1) is 11.9 Å². The number of halogens is 1. The zero-order valence-corrected chi connectivity index (χ0v) is 11.5. The van der Waals surface area contributed by atoms with Crippen molar-refractivity contribution < 1.29 is 4.74 Å². The number of benzene rings is 2. The topological polar surface area (TPSA) is 33.6 Å². The Morgan fingerprint density at radius 2 is 2.10 bits per heavy atom. The van der Waals surface area contributed by atoms with Crippen LogP contribution in [0.5, 0.6) is 5.75 Å². The molecule has 0 amide bonds. The zero-order valence-electron chi connectivity index (χ0n) is 10.7. The average molecular weight is 285 g/mol. The first-order valence-corrected chi connectivity index (χ1v) is 6.37. The predicted octanol–water partition coefficient (Wildman–Crippen LogP) is 3.80. The summed E-state index contributed by atoms with van der Waals surface area (Å²) in [6.07, 6.45) is 6.86. The lowest BCUT2D eigenvalue weighted by atomic mass is 10.2. The van der Waals surface area contributed by atoms with E-state index in [1.807, 2.05) is 36.4 Å². The van der Waals surface area contributed by atoms with E-state index in [9.17, 15) is 0 Å². The van der Waals surface area contributed by atoms with Gasteiger partial charge in [-0.15, -0.1) is 6.42 Å². The number of nitrogens with one attached hydrogen (secondary N) is 1. The Balaban J connectivity index is 2.06. The van der Waals surface area contributed by atoms with Crippen molar-refractivity contribution in [2.45, 2.75) is 0 Å². The van der Waals surface area contributed by atoms with E-state index >= 15 is 0 Å². The van der Waals surface area contributed by atoms with Crippen LogP contribution in [0.15, 0.2) is 53.6 Å². The molecule has 20 heavy (non-hydrogen) atoms. The van der Waals surface area contributed by atoms with Crippen molar-refractivity contribution in [3.63, 3.8) is 0 Å². The summed E-state index contributed by atoms with van der Waals surface area (Å²) in [6.45, 7) is 0.229. The number of nitrogens with zero attached hydrogens (tertiary/aromatic N) is 1. The predicted molar refractivity (Wildman–Crippen MR) is 83.4 cm³/mol. The van der Waals surface area contributed by atoms with Crippen molar-refractivity contribution in [2.24, 2.45) is 5.10 Å². The number of ether oxygens (including phenoxy) is 1. The van der Waals surface area contributed by atoms with Gasteiger partial charge in [0.25, 0.3) is 0 Å². The summed E-state index contributed by atoms with van der Waals surface area (Å²) in [4.78, 5) is 0. The standard InChI is InChI=1S/C16H13ClN2O/c1-2-10-20-16-9-4-3-6-13(16)12-18-19-15-8-5-7-14(17)11-15/h1,3-9,11-12,19H,10H2/b18-12-. The number of anilines is 1. The van der Waals surface area contributed by atoms with Gasteiger partial charge in [-0.05, 0) is 30.3 Å². The molecule has 0 bridgehead atoms. The molecular weight excluding hydrogens is 272 g/mol. The molecule has 0 aromatic heterocycles. The van der Waals surface area contributed by atoms with Gasteiger partial charge in [-0.2, -0.15) is 5.10 Å². The second kappa shape index (κ2) is 7.22. The average Bonchev–Trinajstić information content (AvgIpc) is 2.46. The number of hydrogen-bond acceptors (Lipinski definition) is 3. The maximum Gasteiger partial charge on any atom is 0.148 e. The van der Waals surface area contributed by atoms with E-state index < -0.39 is 0 Å². The molecule has 4 heteroatoms. The second-order valence-corrected chi connectivity index (χ2v) is 4.35. The Morgan fingerprint density at radius 3 is 2.90 bits per heavy atom. The summed E-state index contributed by atoms with van der Waals surface area (Å²) < 4.78 is 5.43. The fourth-order valence-electron chi connectivity index (χ4n) is 1.57. The van der Waals surface area contributed by atoms with Crippen molar-refractivity contribution >= 4 is 23.5 Å². The molecule has 3 nitrogen and oxygen atoms in total. The fourth-order valence-corrected chi connectivity index (χ4v) is 1.76. The lowest BCUT2D eigenvalue weighted by Crippen LogP contribution is -1.98. The van der Waals surface area contributed by atoms with Gasteiger partial charge in [-0.3, -0.25) is 5.43 Å². The molecule has 0 spiro atoms. The van der Waals surface area contributed by atoms with E-state index in [4.69, 9.17) is 22.8 Å². The molecule has 2 aromatic carbocycles. The second-order valence-electron chi connectivity index (χ2n) is 3.91. The van der Waals surface area contributed by atoms with Crippen LogP contribution in [0.2, 0.25) is 5.02 Å². The molecule has 0 saturated carbocycles. The van der Waals surface area contributed by atoms with Crippen LogP contribution in [-0.4, -0.2) is 12.8 Å². The third-order valence-electron chi connectivity index (χ3n) is 2.45. The van der Waals surface area contributed by atoms with E-state index in [2.05, 4.69) is 16.4 Å². The van der Waals surface area contributed by atoms with Gasteiger partial charge in [-0.25, -0.2) is 0 Å². The van der Waals surface area contributed by atoms with Crippen LogP contribution in [0.25, 0.3) is 0 Å². The van der Waals surface area contributed by atoms with Crippen molar-refractivity contribution in [2.75, 3.05) is 12.0 Å². The van der Waals surface area contributed by atoms with Gasteiger partial charge in [0.1, 0.15) is 12.4 Å². The Hall–Kier alpha value is -2.44. The minimum atomic E-state index is 0.229. The highest BCUT2D eigenvalue weighted by Gasteiger charge is 1.99. The highest BCUT2D eigenvalue weighted by molar-refractivity contribution is 6.30. The maximum atomic E-state index is 5.89. The van der Waals surface area contributed by atoms with Crippen molar-refractivity contribution in [3.8, 4) is 18.1 Å². The number of hydrazone groups is 1. The Kier molecular flexibility index (Phi) is 5.05. The zero-order chi connectivity index (χ0) is 14.2. The van der Waals surface area contributed by atoms with E-state index in [-0.39, 0.29) is 6.61 Å². The largest absolute Gasteiger partial charge is 0.480 e. The molecule has 0 heterocycles. The third kappa shape index (κ3) is 4.04. The van der Waals surface area contributed by atoms with Gasteiger partial charge in [-0.1, -0.05) is 35.7 Å². The monoisotopic (exact) mass is 284 g/mol. The van der Waals surface area contributed by atoms with Crippen LogP contribution in [-0.2, 0) is 0 Å². The summed E-state index contributed by atoms with van der Waals surface area (Å²) in [7, 11) is 0. The van der Waals surface area contributed by atoms with Crippen LogP contribution >= 0.6 is 11.6 Å². The van der Waals surface area contributed by atoms with E-state index in [1.165, 1.54) is 0 Å². The Labute approximate surface area is 123 Å². The SMILES string of the molecule is C#CCOc1ccccc1/C=N\Nc1cccc(Cl)c1. The molecule has 0 aliphatic carbocycles. The summed E-state index contributed by atoms with van der Waals surface area (Å²) >= 11 is 5.89. The molecular formula is C16H13ClN2O. The van der Waals surface area contributed by atoms with Gasteiger partial charge in [0, 0.05) is 10.6 Å². The third-order valence-corrected chi connectivity index (χ3v) is 2.69.